The Balaban J connectivity index is 1.54. The molecule has 0 aliphatic heterocycles. The number of hydrogen-bond acceptors (Lipinski definition) is 4. The molecule has 1 heterocycles. The molecule has 2 aromatic carbocycles. The van der Waals surface area contributed by atoms with E-state index in [1.165, 1.54) is 0 Å². The fraction of sp³-hybridized carbons (Fsp3) is 0.273. The number of halogens is 1. The van der Waals surface area contributed by atoms with Crippen molar-refractivity contribution in [2.45, 2.75) is 33.4 Å². The number of hydrogen-bond donors (Lipinski definition) is 0. The van der Waals surface area contributed by atoms with Gasteiger partial charge in [-0.1, -0.05) is 41.0 Å². The maximum absolute atomic E-state index is 12.5. The lowest BCUT2D eigenvalue weighted by molar-refractivity contribution is -0.129. The summed E-state index contributed by atoms with van der Waals surface area (Å²) < 4.78 is 10.9. The van der Waals surface area contributed by atoms with Crippen molar-refractivity contribution in [2.75, 3.05) is 7.05 Å². The van der Waals surface area contributed by atoms with E-state index in [1.54, 1.807) is 11.9 Å². The first-order chi connectivity index (χ1) is 13.4. The maximum atomic E-state index is 12.5. The second-order valence-electron chi connectivity index (χ2n) is 6.79. The van der Waals surface area contributed by atoms with Crippen molar-refractivity contribution in [3.8, 4) is 5.75 Å². The molecule has 3 aromatic rings. The lowest BCUT2D eigenvalue weighted by Gasteiger charge is -2.17. The molecule has 0 radical (unpaired) electrons. The smallest absolute Gasteiger partial charge is 0.227 e. The SMILES string of the molecule is Cc1noc(C)c1COc1ccc(CC(=O)N(C)Cc2cccc(Cl)c2)cc1. The van der Waals surface area contributed by atoms with Crippen LogP contribution in [0.3, 0.4) is 0 Å². The number of nitrogens with zero attached hydrogens (tertiary/aromatic N) is 2. The predicted octanol–water partition coefficient (Wildman–Crippen LogP) is 4.72. The van der Waals surface area contributed by atoms with E-state index in [9.17, 15) is 4.79 Å². The maximum Gasteiger partial charge on any atom is 0.227 e. The third-order valence-electron chi connectivity index (χ3n) is 4.58. The third kappa shape index (κ3) is 5.14. The van der Waals surface area contributed by atoms with E-state index in [1.807, 2.05) is 62.4 Å². The van der Waals surface area contributed by atoms with Crippen LogP contribution in [0.25, 0.3) is 0 Å². The molecular weight excluding hydrogens is 376 g/mol. The number of likely N-dealkylation sites (N-methyl/N-ethyl adjacent to an activating group) is 1. The number of rotatable bonds is 7. The van der Waals surface area contributed by atoms with E-state index in [2.05, 4.69) is 5.16 Å². The van der Waals surface area contributed by atoms with Gasteiger partial charge in [0, 0.05) is 18.6 Å². The van der Waals surface area contributed by atoms with Crippen LogP contribution in [-0.4, -0.2) is 23.0 Å². The second-order valence-corrected chi connectivity index (χ2v) is 7.23. The molecule has 6 heteroatoms. The summed E-state index contributed by atoms with van der Waals surface area (Å²) in [5.74, 6) is 1.55. The van der Waals surface area contributed by atoms with E-state index < -0.39 is 0 Å². The number of carbonyl (C=O) groups excluding carboxylic acids is 1. The van der Waals surface area contributed by atoms with Gasteiger partial charge in [-0.15, -0.1) is 0 Å². The van der Waals surface area contributed by atoms with Crippen LogP contribution in [0.2, 0.25) is 5.02 Å². The highest BCUT2D eigenvalue weighted by atomic mass is 35.5. The Morgan fingerprint density at radius 2 is 1.89 bits per heavy atom. The van der Waals surface area contributed by atoms with Crippen molar-refractivity contribution in [1.29, 1.82) is 0 Å². The highest BCUT2D eigenvalue weighted by molar-refractivity contribution is 6.30. The molecule has 28 heavy (non-hydrogen) atoms. The third-order valence-corrected chi connectivity index (χ3v) is 4.81. The number of ether oxygens (including phenoxy) is 1. The van der Waals surface area contributed by atoms with Crippen LogP contribution >= 0.6 is 11.6 Å². The van der Waals surface area contributed by atoms with Gasteiger partial charge in [-0.2, -0.15) is 0 Å². The van der Waals surface area contributed by atoms with Crippen molar-refractivity contribution in [1.82, 2.24) is 10.1 Å². The Bertz CT molecular complexity index is 931. The first-order valence-corrected chi connectivity index (χ1v) is 9.42. The quantitative estimate of drug-likeness (QED) is 0.577. The van der Waals surface area contributed by atoms with Crippen molar-refractivity contribution < 1.29 is 14.1 Å². The zero-order valence-electron chi connectivity index (χ0n) is 16.2. The van der Waals surface area contributed by atoms with Crippen molar-refractivity contribution >= 4 is 17.5 Å². The van der Waals surface area contributed by atoms with Gasteiger partial charge in [0.25, 0.3) is 0 Å². The fourth-order valence-electron chi connectivity index (χ4n) is 2.87. The first kappa shape index (κ1) is 20.0. The minimum atomic E-state index is 0.0457. The Morgan fingerprint density at radius 1 is 1.14 bits per heavy atom. The van der Waals surface area contributed by atoms with Crippen LogP contribution < -0.4 is 4.74 Å². The zero-order valence-corrected chi connectivity index (χ0v) is 17.0. The number of amides is 1. The number of benzene rings is 2. The highest BCUT2D eigenvalue weighted by Crippen LogP contribution is 2.19. The van der Waals surface area contributed by atoms with Crippen LogP contribution in [0, 0.1) is 13.8 Å². The molecule has 0 atom stereocenters. The summed E-state index contributed by atoms with van der Waals surface area (Å²) in [6.45, 7) is 4.69. The van der Waals surface area contributed by atoms with Crippen LogP contribution in [0.1, 0.15) is 28.1 Å². The summed E-state index contributed by atoms with van der Waals surface area (Å²) in [4.78, 5) is 14.2. The summed E-state index contributed by atoms with van der Waals surface area (Å²) in [5.41, 5.74) is 3.74. The molecule has 0 N–H and O–H groups in total. The molecule has 146 valence electrons. The normalized spacial score (nSPS) is 10.7. The van der Waals surface area contributed by atoms with Gasteiger partial charge < -0.3 is 14.2 Å². The lowest BCUT2D eigenvalue weighted by atomic mass is 10.1. The van der Waals surface area contributed by atoms with Crippen molar-refractivity contribution in [2.24, 2.45) is 0 Å². The summed E-state index contributed by atoms with van der Waals surface area (Å²) in [6, 6.07) is 15.1. The monoisotopic (exact) mass is 398 g/mol. The zero-order chi connectivity index (χ0) is 20.1. The number of aryl methyl sites for hydroxylation is 2. The van der Waals surface area contributed by atoms with Gasteiger partial charge in [-0.3, -0.25) is 4.79 Å². The number of aromatic nitrogens is 1. The van der Waals surface area contributed by atoms with Crippen LogP contribution in [0.15, 0.2) is 53.1 Å². The molecule has 0 aliphatic rings. The molecule has 0 aliphatic carbocycles. The average molecular weight is 399 g/mol. The van der Waals surface area contributed by atoms with E-state index in [0.29, 0.717) is 24.6 Å². The first-order valence-electron chi connectivity index (χ1n) is 9.04. The van der Waals surface area contributed by atoms with E-state index >= 15 is 0 Å². The molecule has 0 fully saturated rings. The highest BCUT2D eigenvalue weighted by Gasteiger charge is 2.12. The molecule has 1 aromatic heterocycles. The van der Waals surface area contributed by atoms with E-state index in [0.717, 1.165) is 33.9 Å². The molecule has 1 amide bonds. The van der Waals surface area contributed by atoms with Gasteiger partial charge in [-0.25, -0.2) is 0 Å². The molecule has 0 saturated heterocycles. The molecule has 0 saturated carbocycles. The summed E-state index contributed by atoms with van der Waals surface area (Å²) >= 11 is 6.00. The summed E-state index contributed by atoms with van der Waals surface area (Å²) in [7, 11) is 1.80. The van der Waals surface area contributed by atoms with Gasteiger partial charge in [0.15, 0.2) is 0 Å². The lowest BCUT2D eigenvalue weighted by Crippen LogP contribution is -2.27. The van der Waals surface area contributed by atoms with E-state index in [-0.39, 0.29) is 5.91 Å². The Labute approximate surface area is 169 Å². The van der Waals surface area contributed by atoms with Gasteiger partial charge in [0.1, 0.15) is 18.1 Å². The molecule has 0 spiro atoms. The fourth-order valence-corrected chi connectivity index (χ4v) is 3.09. The molecule has 0 bridgehead atoms. The molecule has 3 rings (SSSR count). The standard InChI is InChI=1S/C22H23ClN2O3/c1-15-21(16(2)28-24-15)14-27-20-9-7-17(8-10-20)12-22(26)25(3)13-18-5-4-6-19(23)11-18/h4-11H,12-14H2,1-3H3. The average Bonchev–Trinajstić information content (AvgIpc) is 2.99. The van der Waals surface area contributed by atoms with E-state index in [4.69, 9.17) is 20.9 Å². The molecule has 5 nitrogen and oxygen atoms in total. The minimum Gasteiger partial charge on any atom is -0.489 e. The largest absolute Gasteiger partial charge is 0.489 e. The van der Waals surface area contributed by atoms with Gasteiger partial charge >= 0.3 is 0 Å². The predicted molar refractivity (Wildman–Crippen MR) is 108 cm³/mol. The number of carbonyl (C=O) groups is 1. The Hall–Kier alpha value is -2.79. The Morgan fingerprint density at radius 3 is 2.54 bits per heavy atom. The Kier molecular flexibility index (Phi) is 6.37. The van der Waals surface area contributed by atoms with Crippen LogP contribution in [0.5, 0.6) is 5.75 Å². The van der Waals surface area contributed by atoms with Crippen LogP contribution in [0.4, 0.5) is 0 Å². The second kappa shape index (κ2) is 8.93. The molecule has 0 unspecified atom stereocenters. The van der Waals surface area contributed by atoms with Crippen molar-refractivity contribution in [3.63, 3.8) is 0 Å². The van der Waals surface area contributed by atoms with Gasteiger partial charge in [0.2, 0.25) is 5.91 Å². The van der Waals surface area contributed by atoms with Crippen molar-refractivity contribution in [3.05, 3.63) is 81.7 Å². The van der Waals surface area contributed by atoms with Gasteiger partial charge in [0.05, 0.1) is 17.7 Å². The summed E-state index contributed by atoms with van der Waals surface area (Å²) in [6.07, 6.45) is 0.335. The minimum absolute atomic E-state index is 0.0457. The molecular formula is C22H23ClN2O3. The van der Waals surface area contributed by atoms with Gasteiger partial charge in [-0.05, 0) is 49.2 Å². The topological polar surface area (TPSA) is 55.6 Å². The summed E-state index contributed by atoms with van der Waals surface area (Å²) in [5, 5.41) is 4.59. The van der Waals surface area contributed by atoms with Crippen LogP contribution in [-0.2, 0) is 24.4 Å².